The molecular weight excluding hydrogens is 451 g/mol. The first-order chi connectivity index (χ1) is 15.6. The molecule has 1 aliphatic rings. The van der Waals surface area contributed by atoms with E-state index >= 15 is 0 Å². The minimum Gasteiger partial charge on any atom is -0.478 e. The van der Waals surface area contributed by atoms with Crippen molar-refractivity contribution in [3.05, 3.63) is 41.5 Å². The van der Waals surface area contributed by atoms with E-state index in [9.17, 15) is 27.9 Å². The van der Waals surface area contributed by atoms with Crippen LogP contribution in [-0.2, 0) is 15.0 Å². The predicted octanol–water partition coefficient (Wildman–Crippen LogP) is 5.84. The zero-order chi connectivity index (χ0) is 25.6. The second-order valence-electron chi connectivity index (χ2n) is 9.51. The highest BCUT2D eigenvalue weighted by Crippen LogP contribution is 2.46. The van der Waals surface area contributed by atoms with E-state index in [1.54, 1.807) is 17.9 Å². The number of carboxylic acid groups (broad SMARTS) is 1. The monoisotopic (exact) mass is 479 g/mol. The molecule has 0 fully saturated rings. The third kappa shape index (κ3) is 4.98. The lowest BCUT2D eigenvalue weighted by molar-refractivity contribution is -0.274. The summed E-state index contributed by atoms with van der Waals surface area (Å²) in [7, 11) is 0. The van der Waals surface area contributed by atoms with Crippen LogP contribution in [0, 0.1) is 6.92 Å². The molecule has 0 atom stereocenters. The average Bonchev–Trinajstić information content (AvgIpc) is 2.68. The molecule has 1 N–H and O–H groups in total. The van der Waals surface area contributed by atoms with Gasteiger partial charge in [0.1, 0.15) is 11.5 Å². The Hall–Kier alpha value is -3.23. The number of carbonyl (C=O) groups is 2. The number of hydrogen-bond donors (Lipinski definition) is 1. The summed E-state index contributed by atoms with van der Waals surface area (Å²) < 4.78 is 49.4. The Morgan fingerprint density at radius 2 is 1.76 bits per heavy atom. The van der Waals surface area contributed by atoms with Crippen LogP contribution in [0.25, 0.3) is 11.1 Å². The summed E-state index contributed by atoms with van der Waals surface area (Å²) in [5.41, 5.74) is 0.669. The minimum absolute atomic E-state index is 0.0674. The quantitative estimate of drug-likeness (QED) is 0.564. The van der Waals surface area contributed by atoms with Crippen LogP contribution in [0.5, 0.6) is 11.5 Å². The van der Waals surface area contributed by atoms with Gasteiger partial charge in [-0.3, -0.25) is 4.79 Å². The fourth-order valence-electron chi connectivity index (χ4n) is 4.14. The minimum atomic E-state index is -4.94. The fraction of sp³-hybridized carbons (Fsp3) is 0.440. The molecule has 0 saturated carbocycles. The normalized spacial score (nSPS) is 15.7. The number of carbonyl (C=O) groups excluding carboxylic acids is 1. The first-order valence-electron chi connectivity index (χ1n) is 10.8. The van der Waals surface area contributed by atoms with Crippen molar-refractivity contribution in [3.63, 3.8) is 0 Å². The second-order valence-corrected chi connectivity index (χ2v) is 9.51. The Balaban J connectivity index is 2.24. The number of amides is 1. The van der Waals surface area contributed by atoms with Crippen molar-refractivity contribution in [2.24, 2.45) is 0 Å². The summed E-state index contributed by atoms with van der Waals surface area (Å²) in [4.78, 5) is 25.8. The largest absolute Gasteiger partial charge is 0.573 e. The number of fused-ring (bicyclic) bond motifs is 1. The molecule has 2 aromatic rings. The highest BCUT2D eigenvalue weighted by atomic mass is 19.4. The Morgan fingerprint density at radius 3 is 2.32 bits per heavy atom. The molecule has 6 nitrogen and oxygen atoms in total. The number of alkyl halides is 3. The van der Waals surface area contributed by atoms with Gasteiger partial charge < -0.3 is 19.5 Å². The third-order valence-corrected chi connectivity index (χ3v) is 5.93. The van der Waals surface area contributed by atoms with Gasteiger partial charge in [-0.15, -0.1) is 13.2 Å². The number of ether oxygens (including phenoxy) is 2. The fourth-order valence-corrected chi connectivity index (χ4v) is 4.14. The molecule has 9 heteroatoms. The zero-order valence-corrected chi connectivity index (χ0v) is 20.0. The van der Waals surface area contributed by atoms with E-state index in [-0.39, 0.29) is 17.2 Å². The molecule has 1 amide bonds. The number of aliphatic carboxylic acids is 1. The topological polar surface area (TPSA) is 76.1 Å². The van der Waals surface area contributed by atoms with Gasteiger partial charge in [-0.2, -0.15) is 0 Å². The van der Waals surface area contributed by atoms with Crippen molar-refractivity contribution in [2.75, 3.05) is 11.4 Å². The van der Waals surface area contributed by atoms with E-state index in [0.29, 0.717) is 29.8 Å². The molecule has 184 valence electrons. The molecule has 0 aliphatic carbocycles. The van der Waals surface area contributed by atoms with Crippen molar-refractivity contribution >= 4 is 17.6 Å². The Labute approximate surface area is 196 Å². The van der Waals surface area contributed by atoms with Crippen LogP contribution >= 0.6 is 0 Å². The third-order valence-electron chi connectivity index (χ3n) is 5.93. The number of nitrogens with zero attached hydrogens (tertiary/aromatic N) is 1. The standard InChI is InChI=1S/C25H28F3NO5/c1-7-29-19-12-16(14(2)10-18(19)23(3,4)13-21(29)30)17-11-15(33-24(5,6)22(31)32)8-9-20(17)34-25(26,27)28/h8-12H,7,13H2,1-6H3,(H,31,32). The molecule has 2 aromatic carbocycles. The molecule has 0 radical (unpaired) electrons. The van der Waals surface area contributed by atoms with Crippen LogP contribution in [0.15, 0.2) is 30.3 Å². The zero-order valence-electron chi connectivity index (χ0n) is 20.0. The van der Waals surface area contributed by atoms with Gasteiger partial charge >= 0.3 is 12.3 Å². The molecule has 1 aliphatic heterocycles. The molecule has 3 rings (SSSR count). The summed E-state index contributed by atoms with van der Waals surface area (Å²) in [5.74, 6) is -1.69. The van der Waals surface area contributed by atoms with Gasteiger partial charge in [-0.1, -0.05) is 19.9 Å². The first kappa shape index (κ1) is 25.4. The van der Waals surface area contributed by atoms with Crippen LogP contribution in [0.1, 0.15) is 52.2 Å². The molecule has 0 unspecified atom stereocenters. The Kier molecular flexibility index (Phi) is 6.37. The highest BCUT2D eigenvalue weighted by molar-refractivity contribution is 5.99. The average molecular weight is 479 g/mol. The van der Waals surface area contributed by atoms with Crippen molar-refractivity contribution < 1.29 is 37.3 Å². The van der Waals surface area contributed by atoms with E-state index < -0.39 is 29.1 Å². The van der Waals surface area contributed by atoms with Crippen molar-refractivity contribution in [1.82, 2.24) is 0 Å². The number of halogens is 3. The number of benzene rings is 2. The molecule has 34 heavy (non-hydrogen) atoms. The summed E-state index contributed by atoms with van der Waals surface area (Å²) >= 11 is 0. The van der Waals surface area contributed by atoms with Crippen molar-refractivity contribution in [3.8, 4) is 22.6 Å². The molecule has 1 heterocycles. The van der Waals surface area contributed by atoms with E-state index in [4.69, 9.17) is 4.74 Å². The lowest BCUT2D eigenvalue weighted by atomic mass is 9.75. The number of aryl methyl sites for hydroxylation is 1. The lowest BCUT2D eigenvalue weighted by Gasteiger charge is -2.39. The molecule has 0 aromatic heterocycles. The molecule has 0 bridgehead atoms. The van der Waals surface area contributed by atoms with Gasteiger partial charge in [0.25, 0.3) is 0 Å². The van der Waals surface area contributed by atoms with E-state index in [1.807, 2.05) is 26.8 Å². The highest BCUT2D eigenvalue weighted by Gasteiger charge is 2.38. The maximum absolute atomic E-state index is 13.2. The SMILES string of the molecule is CCN1C(=O)CC(C)(C)c2cc(C)c(-c3cc(OC(C)(C)C(=O)O)ccc3OC(F)(F)F)cc21. The number of anilines is 1. The summed E-state index contributed by atoms with van der Waals surface area (Å²) in [6.07, 6.45) is -4.62. The van der Waals surface area contributed by atoms with E-state index in [2.05, 4.69) is 4.74 Å². The summed E-state index contributed by atoms with van der Waals surface area (Å²) in [6.45, 7) is 10.6. The van der Waals surface area contributed by atoms with Crippen LogP contribution in [0.2, 0.25) is 0 Å². The molecule has 0 spiro atoms. The van der Waals surface area contributed by atoms with Crippen LogP contribution < -0.4 is 14.4 Å². The van der Waals surface area contributed by atoms with Crippen LogP contribution in [-0.4, -0.2) is 35.5 Å². The van der Waals surface area contributed by atoms with Crippen LogP contribution in [0.3, 0.4) is 0 Å². The summed E-state index contributed by atoms with van der Waals surface area (Å²) in [6, 6.07) is 7.23. The van der Waals surface area contributed by atoms with Gasteiger partial charge in [0.05, 0.1) is 0 Å². The maximum atomic E-state index is 13.2. The smallest absolute Gasteiger partial charge is 0.478 e. The Bertz CT molecular complexity index is 1140. The Morgan fingerprint density at radius 1 is 1.12 bits per heavy atom. The maximum Gasteiger partial charge on any atom is 0.573 e. The molecule has 0 saturated heterocycles. The van der Waals surface area contributed by atoms with E-state index in [1.165, 1.54) is 26.0 Å². The van der Waals surface area contributed by atoms with Gasteiger partial charge in [-0.05, 0) is 68.7 Å². The van der Waals surface area contributed by atoms with E-state index in [0.717, 1.165) is 11.6 Å². The van der Waals surface area contributed by atoms with Crippen molar-refractivity contribution in [2.45, 2.75) is 65.3 Å². The van der Waals surface area contributed by atoms with Crippen molar-refractivity contribution in [1.29, 1.82) is 0 Å². The first-order valence-corrected chi connectivity index (χ1v) is 10.8. The van der Waals surface area contributed by atoms with Gasteiger partial charge in [0.15, 0.2) is 5.60 Å². The molecular formula is C25H28F3NO5. The predicted molar refractivity (Wildman–Crippen MR) is 121 cm³/mol. The number of hydrogen-bond acceptors (Lipinski definition) is 4. The van der Waals surface area contributed by atoms with Crippen LogP contribution in [0.4, 0.5) is 18.9 Å². The second kappa shape index (κ2) is 8.52. The number of rotatable bonds is 6. The van der Waals surface area contributed by atoms with Gasteiger partial charge in [0.2, 0.25) is 5.91 Å². The summed E-state index contributed by atoms with van der Waals surface area (Å²) in [5, 5.41) is 9.37. The van der Waals surface area contributed by atoms with Gasteiger partial charge in [-0.25, -0.2) is 4.79 Å². The van der Waals surface area contributed by atoms with Gasteiger partial charge in [0, 0.05) is 29.6 Å². The number of carboxylic acids is 1. The lowest BCUT2D eigenvalue weighted by Crippen LogP contribution is -2.41.